The molecule has 0 unspecified atom stereocenters. The van der Waals surface area contributed by atoms with Gasteiger partial charge in [-0.1, -0.05) is 54.6 Å². The van der Waals surface area contributed by atoms with Crippen LogP contribution in [0.1, 0.15) is 35.1 Å². The van der Waals surface area contributed by atoms with E-state index in [1.807, 2.05) is 60.7 Å². The molecule has 0 saturated carbocycles. The van der Waals surface area contributed by atoms with E-state index in [0.29, 0.717) is 28.2 Å². The maximum Gasteiger partial charge on any atom is 0.330 e. The van der Waals surface area contributed by atoms with Gasteiger partial charge in [0.2, 0.25) is 0 Å². The molecule has 0 amide bonds. The van der Waals surface area contributed by atoms with Gasteiger partial charge in [0.05, 0.1) is 44.3 Å². The van der Waals surface area contributed by atoms with Crippen molar-refractivity contribution in [2.45, 2.75) is 49.2 Å². The maximum atomic E-state index is 13.8. The molecule has 10 nitrogen and oxygen atoms in total. The van der Waals surface area contributed by atoms with Gasteiger partial charge in [-0.3, -0.25) is 14.3 Å². The van der Waals surface area contributed by atoms with Crippen LogP contribution >= 0.6 is 0 Å². The quantitative estimate of drug-likeness (QED) is 0.255. The molecule has 1 aliphatic rings. The normalized spacial score (nSPS) is 20.7. The number of nitriles is 1. The molecule has 0 bridgehead atoms. The molecule has 43 heavy (non-hydrogen) atoms. The van der Waals surface area contributed by atoms with Crippen LogP contribution in [0.3, 0.4) is 0 Å². The zero-order chi connectivity index (χ0) is 30.8. The van der Waals surface area contributed by atoms with Crippen molar-refractivity contribution in [3.05, 3.63) is 128 Å². The number of H-pyrrole nitrogens is 1. The Morgan fingerprint density at radius 1 is 1.00 bits per heavy atom. The minimum atomic E-state index is -1.77. The summed E-state index contributed by atoms with van der Waals surface area (Å²) in [4.78, 5) is 28.8. The number of rotatable bonds is 9. The number of nitrogens with one attached hydrogen (secondary N) is 1. The van der Waals surface area contributed by atoms with E-state index < -0.39 is 40.7 Å². The standard InChI is InChI=1S/C33H33N3O7/c1-21-20-36(31(40)35-30(21)39)32(19-28(38)29(43-32)27(37)17-18-34)33(22-7-5-4-6-8-22,23-9-13-25(41-2)14-10-23)24-11-15-26(42-3)16-12-24/h4-16,20,27-29,37-38H,17,19H2,1-3H3,(H,35,39,40)/t27-,28-,29+,32-/m0/s1. The first kappa shape index (κ1) is 29.8. The molecular formula is C33H33N3O7. The van der Waals surface area contributed by atoms with Gasteiger partial charge < -0.3 is 24.4 Å². The number of aromatic amines is 1. The molecule has 4 aromatic rings. The molecule has 1 fully saturated rings. The number of aliphatic hydroxyl groups excluding tert-OH is 2. The Labute approximate surface area is 248 Å². The lowest BCUT2D eigenvalue weighted by Gasteiger charge is -2.50. The Bertz CT molecular complexity index is 1680. The largest absolute Gasteiger partial charge is 0.497 e. The van der Waals surface area contributed by atoms with E-state index in [1.165, 1.54) is 10.8 Å². The van der Waals surface area contributed by atoms with Crippen LogP contribution in [0.2, 0.25) is 0 Å². The number of ether oxygens (including phenoxy) is 3. The summed E-state index contributed by atoms with van der Waals surface area (Å²) in [6.07, 6.45) is -2.96. The average Bonchev–Trinajstić information content (AvgIpc) is 3.38. The van der Waals surface area contributed by atoms with Gasteiger partial charge >= 0.3 is 5.69 Å². The van der Waals surface area contributed by atoms with Crippen molar-refractivity contribution >= 4 is 0 Å². The third kappa shape index (κ3) is 4.91. The SMILES string of the molecule is COc1ccc(C(c2ccccc2)(c2ccc(OC)cc2)[C@]2(n3cc(C)c(=O)[nH]c3=O)C[C@H](O)[C@@H]([C@@H](O)CC#N)O2)cc1. The summed E-state index contributed by atoms with van der Waals surface area (Å²) in [5.74, 6) is 1.20. The van der Waals surface area contributed by atoms with Gasteiger partial charge in [0, 0.05) is 18.2 Å². The number of hydrogen-bond donors (Lipinski definition) is 3. The second-order valence-electron chi connectivity index (χ2n) is 10.6. The summed E-state index contributed by atoms with van der Waals surface area (Å²) in [6.45, 7) is 1.57. The van der Waals surface area contributed by atoms with Gasteiger partial charge in [-0.25, -0.2) is 4.79 Å². The lowest BCUT2D eigenvalue weighted by Crippen LogP contribution is -2.59. The van der Waals surface area contributed by atoms with Crippen LogP contribution in [0.15, 0.2) is 94.6 Å². The van der Waals surface area contributed by atoms with Crippen molar-refractivity contribution in [3.8, 4) is 17.6 Å². The van der Waals surface area contributed by atoms with Gasteiger partial charge in [-0.05, 0) is 47.9 Å². The lowest BCUT2D eigenvalue weighted by molar-refractivity contribution is -0.164. The van der Waals surface area contributed by atoms with Crippen molar-refractivity contribution in [3.63, 3.8) is 0 Å². The number of benzene rings is 3. The molecule has 5 rings (SSSR count). The van der Waals surface area contributed by atoms with Gasteiger partial charge in [0.25, 0.3) is 5.56 Å². The number of aryl methyl sites for hydroxylation is 1. The van der Waals surface area contributed by atoms with Crippen LogP contribution in [0.25, 0.3) is 0 Å². The molecule has 0 aliphatic carbocycles. The van der Waals surface area contributed by atoms with Crippen molar-refractivity contribution in [2.24, 2.45) is 0 Å². The summed E-state index contributed by atoms with van der Waals surface area (Å²) in [5.41, 5.74) is -2.21. The molecule has 1 aliphatic heterocycles. The Balaban J connectivity index is 1.98. The highest BCUT2D eigenvalue weighted by molar-refractivity contribution is 5.55. The topological polar surface area (TPSA) is 147 Å². The fraction of sp³-hybridized carbons (Fsp3) is 0.303. The van der Waals surface area contributed by atoms with Gasteiger partial charge in [0.1, 0.15) is 17.6 Å². The summed E-state index contributed by atoms with van der Waals surface area (Å²) >= 11 is 0. The predicted octanol–water partition coefficient (Wildman–Crippen LogP) is 2.97. The van der Waals surface area contributed by atoms with E-state index in [0.717, 1.165) is 0 Å². The number of aliphatic hydroxyl groups is 2. The molecule has 2 heterocycles. The van der Waals surface area contributed by atoms with E-state index in [4.69, 9.17) is 14.2 Å². The van der Waals surface area contributed by atoms with Crippen molar-refractivity contribution in [2.75, 3.05) is 14.2 Å². The molecule has 1 aromatic heterocycles. The lowest BCUT2D eigenvalue weighted by atomic mass is 9.61. The van der Waals surface area contributed by atoms with Crippen molar-refractivity contribution < 1.29 is 24.4 Å². The minimum absolute atomic E-state index is 0.182. The molecule has 1 saturated heterocycles. The van der Waals surface area contributed by atoms with Crippen molar-refractivity contribution in [1.29, 1.82) is 5.26 Å². The first-order valence-electron chi connectivity index (χ1n) is 13.8. The number of methoxy groups -OCH3 is 2. The zero-order valence-corrected chi connectivity index (χ0v) is 24.1. The van der Waals surface area contributed by atoms with Crippen LogP contribution < -0.4 is 20.7 Å². The first-order chi connectivity index (χ1) is 20.7. The molecule has 10 heteroatoms. The van der Waals surface area contributed by atoms with E-state index in [-0.39, 0.29) is 18.4 Å². The molecule has 222 valence electrons. The van der Waals surface area contributed by atoms with Crippen molar-refractivity contribution in [1.82, 2.24) is 9.55 Å². The molecule has 4 atom stereocenters. The third-order valence-corrected chi connectivity index (χ3v) is 8.22. The summed E-state index contributed by atoms with van der Waals surface area (Å²) in [7, 11) is 3.12. The molecule has 3 aromatic carbocycles. The second kappa shape index (κ2) is 11.9. The third-order valence-electron chi connectivity index (χ3n) is 8.22. The highest BCUT2D eigenvalue weighted by Crippen LogP contribution is 2.57. The van der Waals surface area contributed by atoms with Gasteiger partial charge in [-0.2, -0.15) is 5.26 Å². The summed E-state index contributed by atoms with van der Waals surface area (Å²) in [6, 6.07) is 25.9. The fourth-order valence-corrected chi connectivity index (χ4v) is 6.26. The van der Waals surface area contributed by atoms with Gasteiger partial charge in [-0.15, -0.1) is 0 Å². The van der Waals surface area contributed by atoms with Crippen LogP contribution in [0.4, 0.5) is 0 Å². The average molecular weight is 584 g/mol. The number of hydrogen-bond acceptors (Lipinski definition) is 8. The van der Waals surface area contributed by atoms with E-state index in [1.54, 1.807) is 45.4 Å². The Kier molecular flexibility index (Phi) is 8.24. The Morgan fingerprint density at radius 2 is 1.53 bits per heavy atom. The zero-order valence-electron chi connectivity index (χ0n) is 24.1. The minimum Gasteiger partial charge on any atom is -0.497 e. The fourth-order valence-electron chi connectivity index (χ4n) is 6.26. The van der Waals surface area contributed by atoms with Gasteiger partial charge in [0.15, 0.2) is 5.72 Å². The summed E-state index contributed by atoms with van der Waals surface area (Å²) < 4.78 is 19.0. The van der Waals surface area contributed by atoms with E-state index in [2.05, 4.69) is 4.98 Å². The van der Waals surface area contributed by atoms with Crippen LogP contribution in [0.5, 0.6) is 11.5 Å². The Hall–Kier alpha value is -4.69. The van der Waals surface area contributed by atoms with Crippen LogP contribution in [-0.4, -0.2) is 52.3 Å². The van der Waals surface area contributed by atoms with E-state index in [9.17, 15) is 25.1 Å². The summed E-state index contributed by atoms with van der Waals surface area (Å²) in [5, 5.41) is 31.9. The second-order valence-corrected chi connectivity index (χ2v) is 10.6. The Morgan fingerprint density at radius 3 is 2.05 bits per heavy atom. The predicted molar refractivity (Wildman–Crippen MR) is 158 cm³/mol. The molecule has 0 spiro atoms. The van der Waals surface area contributed by atoms with E-state index >= 15 is 0 Å². The smallest absolute Gasteiger partial charge is 0.330 e. The molecular weight excluding hydrogens is 550 g/mol. The maximum absolute atomic E-state index is 13.8. The molecule has 0 radical (unpaired) electrons. The number of aromatic nitrogens is 2. The first-order valence-corrected chi connectivity index (χ1v) is 13.8. The number of nitrogens with zero attached hydrogens (tertiary/aromatic N) is 2. The van der Waals surface area contributed by atoms with Crippen LogP contribution in [-0.2, 0) is 15.9 Å². The monoisotopic (exact) mass is 583 g/mol. The highest BCUT2D eigenvalue weighted by Gasteiger charge is 2.64. The van der Waals surface area contributed by atoms with Crippen LogP contribution in [0, 0.1) is 18.3 Å². The highest BCUT2D eigenvalue weighted by atomic mass is 16.6. The molecule has 3 N–H and O–H groups in total.